The van der Waals surface area contributed by atoms with E-state index in [0.29, 0.717) is 17.4 Å². The lowest BCUT2D eigenvalue weighted by Crippen LogP contribution is -2.40. The molecule has 0 fully saturated rings. The van der Waals surface area contributed by atoms with Gasteiger partial charge in [-0.1, -0.05) is 251 Å². The van der Waals surface area contributed by atoms with Gasteiger partial charge in [0, 0.05) is 12.8 Å². The van der Waals surface area contributed by atoms with Gasteiger partial charge in [-0.15, -0.1) is 0 Å². The molecule has 0 amide bonds. The summed E-state index contributed by atoms with van der Waals surface area (Å²) in [6, 6.07) is 0. The van der Waals surface area contributed by atoms with Crippen LogP contribution in [-0.4, -0.2) is 87.4 Å². The van der Waals surface area contributed by atoms with Gasteiger partial charge in [-0.3, -0.25) is 9.59 Å². The summed E-state index contributed by atoms with van der Waals surface area (Å²) in [6.45, 7) is 4.93. The predicted molar refractivity (Wildman–Crippen MR) is 286 cm³/mol. The van der Waals surface area contributed by atoms with E-state index < -0.39 is 18.4 Å². The second-order valence-corrected chi connectivity index (χ2v) is 21.3. The third-order valence-electron chi connectivity index (χ3n) is 13.3. The van der Waals surface area contributed by atoms with E-state index in [1.807, 2.05) is 21.1 Å². The fourth-order valence-electron chi connectivity index (χ4n) is 8.72. The number of likely N-dealkylation sites (N-methyl/N-ethyl adjacent to an activating group) is 1. The molecule has 0 saturated heterocycles. The molecule has 2 atom stereocenters. The highest BCUT2D eigenvalue weighted by atomic mass is 16.7. The van der Waals surface area contributed by atoms with Crippen molar-refractivity contribution in [2.75, 3.05) is 47.5 Å². The zero-order valence-corrected chi connectivity index (χ0v) is 45.8. The summed E-state index contributed by atoms with van der Waals surface area (Å²) < 4.78 is 22.9. The van der Waals surface area contributed by atoms with Crippen LogP contribution in [0.2, 0.25) is 0 Å². The van der Waals surface area contributed by atoms with Gasteiger partial charge in [0.1, 0.15) is 13.2 Å². The van der Waals surface area contributed by atoms with Gasteiger partial charge in [-0.05, 0) is 38.5 Å². The van der Waals surface area contributed by atoms with Crippen LogP contribution in [-0.2, 0) is 33.3 Å². The SMILES string of the molecule is CCCCCCCCCC/C=C\CCCCCCCCCCCC(=O)OC(COC(=O)CCCCCCCCCCCCCCCCCCCCCCCC)COC(OCC[N+](C)(C)C)C(=O)O. The molecule has 0 aromatic carbocycles. The van der Waals surface area contributed by atoms with Crippen LogP contribution in [0.25, 0.3) is 0 Å². The van der Waals surface area contributed by atoms with Gasteiger partial charge >= 0.3 is 17.9 Å². The molecule has 1 N–H and O–H groups in total. The smallest absolute Gasteiger partial charge is 0.361 e. The predicted octanol–water partition coefficient (Wildman–Crippen LogP) is 17.0. The monoisotopic (exact) mass is 965 g/mol. The normalized spacial score (nSPS) is 12.8. The second-order valence-electron chi connectivity index (χ2n) is 21.3. The minimum atomic E-state index is -1.51. The van der Waals surface area contributed by atoms with E-state index in [-0.39, 0.29) is 38.2 Å². The summed E-state index contributed by atoms with van der Waals surface area (Å²) in [5, 5.41) is 9.70. The molecule has 0 aromatic rings. The fourth-order valence-corrected chi connectivity index (χ4v) is 8.72. The van der Waals surface area contributed by atoms with Crippen LogP contribution >= 0.6 is 0 Å². The van der Waals surface area contributed by atoms with Crippen LogP contribution in [0.5, 0.6) is 0 Å². The molecule has 0 aliphatic heterocycles. The van der Waals surface area contributed by atoms with E-state index in [0.717, 1.165) is 38.5 Å². The zero-order valence-electron chi connectivity index (χ0n) is 45.8. The van der Waals surface area contributed by atoms with Gasteiger partial charge in [-0.25, -0.2) is 4.79 Å². The summed E-state index contributed by atoms with van der Waals surface area (Å²) in [7, 11) is 5.98. The van der Waals surface area contributed by atoms with E-state index in [1.165, 1.54) is 225 Å². The van der Waals surface area contributed by atoms with Gasteiger partial charge in [0.15, 0.2) is 6.10 Å². The first-order valence-electron chi connectivity index (χ1n) is 29.4. The van der Waals surface area contributed by atoms with Crippen molar-refractivity contribution in [2.45, 2.75) is 302 Å². The maximum atomic E-state index is 12.9. The first-order valence-corrected chi connectivity index (χ1v) is 29.4. The third-order valence-corrected chi connectivity index (χ3v) is 13.3. The van der Waals surface area contributed by atoms with E-state index >= 15 is 0 Å². The third kappa shape index (κ3) is 51.9. The Hall–Kier alpha value is -1.97. The van der Waals surface area contributed by atoms with Crippen molar-refractivity contribution in [1.29, 1.82) is 0 Å². The summed E-state index contributed by atoms with van der Waals surface area (Å²) in [6.07, 6.45) is 55.7. The molecular formula is C59H114NO8+. The summed E-state index contributed by atoms with van der Waals surface area (Å²) in [5.41, 5.74) is 0. The van der Waals surface area contributed by atoms with E-state index in [1.54, 1.807) is 0 Å². The Morgan fingerprint density at radius 3 is 1.09 bits per heavy atom. The minimum absolute atomic E-state index is 0.176. The quantitative estimate of drug-likeness (QED) is 0.0211. The lowest BCUT2D eigenvalue weighted by atomic mass is 10.0. The molecule has 9 nitrogen and oxygen atoms in total. The van der Waals surface area contributed by atoms with Crippen molar-refractivity contribution in [1.82, 2.24) is 0 Å². The Balaban J connectivity index is 4.21. The Morgan fingerprint density at radius 1 is 0.426 bits per heavy atom. The second kappa shape index (κ2) is 51.4. The number of allylic oxidation sites excluding steroid dienone is 2. The van der Waals surface area contributed by atoms with E-state index in [9.17, 15) is 19.5 Å². The van der Waals surface area contributed by atoms with Crippen LogP contribution in [0.3, 0.4) is 0 Å². The van der Waals surface area contributed by atoms with Crippen molar-refractivity contribution in [2.24, 2.45) is 0 Å². The molecule has 0 radical (unpaired) electrons. The molecule has 0 spiro atoms. The Kier molecular flexibility index (Phi) is 49.9. The molecule has 0 rings (SSSR count). The zero-order chi connectivity index (χ0) is 49.9. The summed E-state index contributed by atoms with van der Waals surface area (Å²) in [4.78, 5) is 37.4. The van der Waals surface area contributed by atoms with Crippen LogP contribution in [0, 0.1) is 0 Å². The number of esters is 2. The summed E-state index contributed by atoms with van der Waals surface area (Å²) >= 11 is 0. The number of rotatable bonds is 55. The Bertz CT molecular complexity index is 1120. The number of ether oxygens (including phenoxy) is 4. The topological polar surface area (TPSA) is 108 Å². The van der Waals surface area contributed by atoms with Crippen molar-refractivity contribution in [3.63, 3.8) is 0 Å². The van der Waals surface area contributed by atoms with Crippen molar-refractivity contribution in [3.05, 3.63) is 12.2 Å². The fraction of sp³-hybridized carbons (Fsp3) is 0.915. The lowest BCUT2D eigenvalue weighted by Gasteiger charge is -2.25. The molecule has 9 heteroatoms. The number of quaternary nitrogens is 1. The number of aliphatic carboxylic acids is 1. The van der Waals surface area contributed by atoms with Gasteiger partial charge in [-0.2, -0.15) is 0 Å². The molecule has 0 heterocycles. The van der Waals surface area contributed by atoms with E-state index in [2.05, 4.69) is 26.0 Å². The number of hydrogen-bond acceptors (Lipinski definition) is 7. The van der Waals surface area contributed by atoms with Crippen LogP contribution < -0.4 is 0 Å². The van der Waals surface area contributed by atoms with Crippen molar-refractivity contribution in [3.8, 4) is 0 Å². The maximum Gasteiger partial charge on any atom is 0.361 e. The molecule has 68 heavy (non-hydrogen) atoms. The number of carboxylic acid groups (broad SMARTS) is 1. The molecule has 0 aliphatic rings. The number of carbonyl (C=O) groups excluding carboxylic acids is 2. The molecule has 0 bridgehead atoms. The molecule has 402 valence electrons. The molecule has 0 aromatic heterocycles. The van der Waals surface area contributed by atoms with Crippen LogP contribution in [0.15, 0.2) is 12.2 Å². The van der Waals surface area contributed by atoms with Gasteiger partial charge in [0.2, 0.25) is 0 Å². The van der Waals surface area contributed by atoms with Crippen LogP contribution in [0.1, 0.15) is 290 Å². The average molecular weight is 966 g/mol. The highest BCUT2D eigenvalue weighted by Crippen LogP contribution is 2.17. The van der Waals surface area contributed by atoms with Gasteiger partial charge < -0.3 is 28.5 Å². The summed E-state index contributed by atoms with van der Waals surface area (Å²) in [5.74, 6) is -1.98. The molecule has 0 aliphatic carbocycles. The molecule has 2 unspecified atom stereocenters. The highest BCUT2D eigenvalue weighted by Gasteiger charge is 2.25. The standard InChI is InChI=1S/C59H113NO8/c1-6-8-10-12-14-16-18-20-22-24-26-28-30-31-33-35-37-39-41-43-45-47-49-56(61)66-53-55(54-67-59(58(63)64)65-52-51-60(3,4)5)68-57(62)50-48-46-44-42-40-38-36-34-32-29-27-25-23-21-19-17-15-13-11-9-7-2/h25,27,55,59H,6-24,26,28-54H2,1-5H3/p+1/b27-25-. The van der Waals surface area contributed by atoms with E-state index in [4.69, 9.17) is 18.9 Å². The Morgan fingerprint density at radius 2 is 0.750 bits per heavy atom. The van der Waals surface area contributed by atoms with Gasteiger partial charge in [0.25, 0.3) is 6.29 Å². The number of nitrogens with zero attached hydrogens (tertiary/aromatic N) is 1. The maximum absolute atomic E-state index is 12.9. The number of carbonyl (C=O) groups is 3. The van der Waals surface area contributed by atoms with Gasteiger partial charge in [0.05, 0.1) is 34.4 Å². The molecule has 0 saturated carbocycles. The lowest BCUT2D eigenvalue weighted by molar-refractivity contribution is -0.870. The average Bonchev–Trinajstić information content (AvgIpc) is 3.30. The number of unbranched alkanes of at least 4 members (excludes halogenated alkanes) is 38. The van der Waals surface area contributed by atoms with Crippen molar-refractivity contribution < 1.29 is 42.9 Å². The first kappa shape index (κ1) is 66.0. The Labute approximate surface area is 421 Å². The largest absolute Gasteiger partial charge is 0.477 e. The minimum Gasteiger partial charge on any atom is -0.477 e. The van der Waals surface area contributed by atoms with Crippen LogP contribution in [0.4, 0.5) is 0 Å². The first-order chi connectivity index (χ1) is 33.1. The van der Waals surface area contributed by atoms with Crippen molar-refractivity contribution >= 4 is 17.9 Å². The highest BCUT2D eigenvalue weighted by molar-refractivity contribution is 5.71. The number of carboxylic acids is 1. The number of hydrogen-bond donors (Lipinski definition) is 1. The molecular weight excluding hydrogens is 851 g/mol.